The molecule has 0 saturated heterocycles. The Morgan fingerprint density at radius 2 is 0.926 bits per heavy atom. The molecule has 30 N–H and O–H groups in total. The fourth-order valence-electron chi connectivity index (χ4n) is 10.2. The van der Waals surface area contributed by atoms with Crippen molar-refractivity contribution >= 4 is 107 Å². The number of nitrogens with two attached hydrogens (primary N) is 6. The zero-order chi connectivity index (χ0) is 81.3. The van der Waals surface area contributed by atoms with Gasteiger partial charge in [-0.2, -0.15) is 0 Å². The van der Waals surface area contributed by atoms with Gasteiger partial charge in [0.15, 0.2) is 12.0 Å². The van der Waals surface area contributed by atoms with Crippen molar-refractivity contribution in [2.24, 2.45) is 45.3 Å². The van der Waals surface area contributed by atoms with Crippen molar-refractivity contribution in [2.75, 3.05) is 26.2 Å². The number of benzene rings is 1. The predicted octanol–water partition coefficient (Wildman–Crippen LogP) is -8.50. The zero-order valence-corrected chi connectivity index (χ0v) is 60.3. The number of aliphatic imine (C=N–C) groups is 1. The fraction of sp³-hybridized carbons (Fsp3) is 0.585. The number of carboxylic acid groups (broad SMARTS) is 4. The van der Waals surface area contributed by atoms with Crippen LogP contribution in [0.3, 0.4) is 0 Å². The number of aromatic nitrogens is 2. The number of nitrogens with zero attached hydrogens (tertiary/aromatic N) is 2. The Morgan fingerprint density at radius 3 is 1.41 bits per heavy atom. The van der Waals surface area contributed by atoms with Gasteiger partial charge in [-0.1, -0.05) is 50.6 Å². The maximum Gasteiger partial charge on any atom is 0.328 e. The minimum Gasteiger partial charge on any atom is -0.481 e. The number of H-pyrrole nitrogens is 1. The van der Waals surface area contributed by atoms with Crippen LogP contribution in [0, 0.1) is 5.92 Å². The zero-order valence-electron chi connectivity index (χ0n) is 60.3. The molecule has 108 heavy (non-hydrogen) atoms. The molecule has 43 nitrogen and oxygen atoms in total. The number of aliphatic hydroxyl groups excluding tert-OH is 1. The molecular formula is C65H103N21O22. The first-order valence-corrected chi connectivity index (χ1v) is 34.5. The van der Waals surface area contributed by atoms with Gasteiger partial charge in [-0.3, -0.25) is 81.7 Å². The molecule has 0 aliphatic rings. The normalized spacial score (nSPS) is 14.6. The average molecular weight is 1530 g/mol. The van der Waals surface area contributed by atoms with Crippen molar-refractivity contribution in [1.29, 1.82) is 0 Å². The van der Waals surface area contributed by atoms with E-state index >= 15 is 0 Å². The number of aliphatic hydroxyl groups is 1. The number of hydrogen-bond donors (Lipinski definition) is 24. The van der Waals surface area contributed by atoms with Gasteiger partial charge in [0.25, 0.3) is 0 Å². The summed E-state index contributed by atoms with van der Waals surface area (Å²) < 4.78 is 0. The summed E-state index contributed by atoms with van der Waals surface area (Å²) in [7, 11) is 0. The van der Waals surface area contributed by atoms with E-state index in [1.165, 1.54) is 19.4 Å². The second-order valence-corrected chi connectivity index (χ2v) is 25.6. The molecule has 0 unspecified atom stereocenters. The van der Waals surface area contributed by atoms with Crippen molar-refractivity contribution in [3.63, 3.8) is 0 Å². The Hall–Kier alpha value is -11.5. The molecule has 0 aliphatic carbocycles. The summed E-state index contributed by atoms with van der Waals surface area (Å²) >= 11 is 0. The SMILES string of the molecule is CC(C)C[C@H](NC(=O)[C@H](C)NC(=O)CNC(=O)[C@H](CCCN=C(N)N)NC(=O)[C@H](CC(=O)O)NC(=O)[C@H](Cc1ccccc1)NC(=O)[C@H](CCCCN)NC(=O)[C@@H](N)CCCCN)C(=O)N[C@@H](Cc1cnc[nH]1)C(=O)N[C@@H](CC(=O)O)C(=O)N[C@@H](CCC(=O)O)C(=O)N[C@@H](CC(N)=O)C(=O)N[C@H](C(=O)O)[C@@H](C)O. The minimum atomic E-state index is -2.14. The number of hydrogen-bond acceptors (Lipinski definition) is 23. The lowest BCUT2D eigenvalue weighted by Crippen LogP contribution is -2.61. The highest BCUT2D eigenvalue weighted by molar-refractivity contribution is 6.01. The molecule has 0 bridgehead atoms. The molecule has 2 aromatic rings. The predicted molar refractivity (Wildman–Crippen MR) is 380 cm³/mol. The molecule has 43 heteroatoms. The van der Waals surface area contributed by atoms with Gasteiger partial charge in [0.05, 0.1) is 44.3 Å². The fourth-order valence-corrected chi connectivity index (χ4v) is 10.2. The van der Waals surface area contributed by atoms with Crippen LogP contribution in [0.4, 0.5) is 0 Å². The van der Waals surface area contributed by atoms with Crippen LogP contribution in [-0.4, -0.2) is 247 Å². The molecule has 13 amide bonds. The summed E-state index contributed by atoms with van der Waals surface area (Å²) in [5.41, 5.74) is 34.3. The highest BCUT2D eigenvalue weighted by Crippen LogP contribution is 2.13. The molecule has 0 radical (unpaired) electrons. The smallest absolute Gasteiger partial charge is 0.328 e. The number of guanidine groups is 1. The Labute approximate surface area is 620 Å². The average Bonchev–Trinajstić information content (AvgIpc) is 1.03. The van der Waals surface area contributed by atoms with Gasteiger partial charge in [-0.25, -0.2) is 9.78 Å². The molecule has 1 heterocycles. The van der Waals surface area contributed by atoms with E-state index in [2.05, 4.69) is 68.1 Å². The van der Waals surface area contributed by atoms with E-state index in [0.29, 0.717) is 37.8 Å². The Balaban J connectivity index is 2.41. The van der Waals surface area contributed by atoms with Gasteiger partial charge < -0.3 is 129 Å². The molecule has 600 valence electrons. The lowest BCUT2D eigenvalue weighted by Gasteiger charge is -2.27. The van der Waals surface area contributed by atoms with E-state index in [1.54, 1.807) is 44.2 Å². The van der Waals surface area contributed by atoms with E-state index in [4.69, 9.17) is 34.4 Å². The van der Waals surface area contributed by atoms with E-state index in [9.17, 15) is 107 Å². The van der Waals surface area contributed by atoms with E-state index in [1.807, 2.05) is 10.6 Å². The van der Waals surface area contributed by atoms with E-state index < -0.39 is 230 Å². The number of aliphatic carboxylic acids is 4. The maximum absolute atomic E-state index is 14.3. The summed E-state index contributed by atoms with van der Waals surface area (Å²) in [6.07, 6.45) is -3.07. The molecule has 13 atom stereocenters. The van der Waals surface area contributed by atoms with E-state index in [-0.39, 0.29) is 63.3 Å². The Bertz CT molecular complexity index is 3410. The summed E-state index contributed by atoms with van der Waals surface area (Å²) in [4.78, 5) is 237. The highest BCUT2D eigenvalue weighted by Gasteiger charge is 2.38. The number of aromatic amines is 1. The third-order valence-electron chi connectivity index (χ3n) is 15.9. The Kier molecular flexibility index (Phi) is 41.7. The van der Waals surface area contributed by atoms with Crippen LogP contribution in [0.25, 0.3) is 0 Å². The maximum atomic E-state index is 14.3. The third-order valence-corrected chi connectivity index (χ3v) is 15.9. The quantitative estimate of drug-likeness (QED) is 0.0166. The number of imidazole rings is 1. The van der Waals surface area contributed by atoms with Crippen LogP contribution >= 0.6 is 0 Å². The van der Waals surface area contributed by atoms with Crippen molar-refractivity contribution < 1.29 is 107 Å². The number of unbranched alkanes of at least 4 members (excludes halogenated alkanes) is 2. The standard InChI is InChI=1S/C65H103N21O22/c1-32(2)23-41(58(101)82-43(25-36-29-72-31-75-36)60(103)85-46(28-51(94)95)62(105)79-40(18-19-49(90)91)57(100)83-44(26-47(69)88)63(106)86-52(34(4)87)64(107)108)80-53(96)33(3)76-48(89)30-74-55(98)38(17-12-22-73-65(70)71)78-61(104)45(27-50(92)93)84-59(102)42(24-35-13-6-5-7-14-35)81-56(99)39(16-9-11-21-67)77-54(97)37(68)15-8-10-20-66/h5-7,13-14,29,31-34,37-46,52,87H,8-12,15-28,30,66-68H2,1-4H3,(H2,69,88)(H,72,75)(H,74,98)(H,76,89)(H,77,97)(H,78,104)(H,79,105)(H,80,96)(H,81,99)(H,82,101)(H,83,100)(H,84,102)(H,85,103)(H,86,106)(H,90,91)(H,92,93)(H,94,95)(H,107,108)(H4,70,71,73)/t33-,34+,37-,38-,39-,40-,41-,42-,43-,44-,45-,46-,52-/m0/s1. The molecule has 2 rings (SSSR count). The number of nitrogens with one attached hydrogen (secondary N) is 13. The van der Waals surface area contributed by atoms with Gasteiger partial charge in [0.2, 0.25) is 76.8 Å². The number of rotatable bonds is 53. The minimum absolute atomic E-state index is 0.0208. The van der Waals surface area contributed by atoms with Gasteiger partial charge in [-0.15, -0.1) is 0 Å². The van der Waals surface area contributed by atoms with Gasteiger partial charge >= 0.3 is 23.9 Å². The summed E-state index contributed by atoms with van der Waals surface area (Å²) in [6, 6.07) is -11.9. The number of carboxylic acids is 4. The van der Waals surface area contributed by atoms with Gasteiger partial charge in [0, 0.05) is 37.7 Å². The van der Waals surface area contributed by atoms with Crippen LogP contribution in [0.1, 0.15) is 129 Å². The second kappa shape index (κ2) is 48.6. The summed E-state index contributed by atoms with van der Waals surface area (Å²) in [5, 5.41) is 76.5. The lowest BCUT2D eigenvalue weighted by molar-refractivity contribution is -0.145. The summed E-state index contributed by atoms with van der Waals surface area (Å²) in [6.45, 7) is 5.11. The number of carbonyl (C=O) groups excluding carboxylic acids is 13. The highest BCUT2D eigenvalue weighted by atomic mass is 16.4. The number of primary amides is 1. The molecular weight excluding hydrogens is 1430 g/mol. The van der Waals surface area contributed by atoms with Gasteiger partial charge in [0.1, 0.15) is 60.4 Å². The largest absolute Gasteiger partial charge is 0.481 e. The van der Waals surface area contributed by atoms with E-state index in [0.717, 1.165) is 6.92 Å². The first-order chi connectivity index (χ1) is 50.8. The molecule has 0 spiro atoms. The van der Waals surface area contributed by atoms with Gasteiger partial charge in [-0.05, 0) is 96.2 Å². The van der Waals surface area contributed by atoms with Crippen LogP contribution < -0.4 is 98.2 Å². The van der Waals surface area contributed by atoms with Crippen molar-refractivity contribution in [2.45, 2.75) is 209 Å². The first-order valence-electron chi connectivity index (χ1n) is 34.5. The first kappa shape index (κ1) is 92.6. The van der Waals surface area contributed by atoms with Crippen molar-refractivity contribution in [3.8, 4) is 0 Å². The van der Waals surface area contributed by atoms with Crippen LogP contribution in [-0.2, 0) is 94.3 Å². The monoisotopic (exact) mass is 1530 g/mol. The third kappa shape index (κ3) is 36.5. The van der Waals surface area contributed by atoms with Crippen molar-refractivity contribution in [1.82, 2.24) is 73.8 Å². The van der Waals surface area contributed by atoms with Crippen LogP contribution in [0.15, 0.2) is 47.8 Å². The van der Waals surface area contributed by atoms with Crippen LogP contribution in [0.5, 0.6) is 0 Å². The molecule has 0 saturated carbocycles. The molecule has 0 aliphatic heterocycles. The second-order valence-electron chi connectivity index (χ2n) is 25.6. The molecule has 1 aromatic heterocycles. The van der Waals surface area contributed by atoms with Crippen molar-refractivity contribution in [3.05, 3.63) is 54.1 Å². The molecule has 0 fully saturated rings. The molecule has 1 aromatic carbocycles. The lowest BCUT2D eigenvalue weighted by atomic mass is 10.0. The number of carbonyl (C=O) groups is 17. The topological polar surface area (TPSA) is 733 Å². The van der Waals surface area contributed by atoms with Crippen LogP contribution in [0.2, 0.25) is 0 Å². The Morgan fingerprint density at radius 1 is 0.481 bits per heavy atom. The number of amides is 13. The summed E-state index contributed by atoms with van der Waals surface area (Å²) in [5.74, 6) is -21.9.